The molecular formula is C9H15N3OS. The van der Waals surface area contributed by atoms with Gasteiger partial charge in [0.25, 0.3) is 0 Å². The minimum atomic E-state index is -1.20. The predicted molar refractivity (Wildman–Crippen MR) is 58.7 cm³/mol. The van der Waals surface area contributed by atoms with Crippen molar-refractivity contribution in [1.29, 1.82) is 0 Å². The van der Waals surface area contributed by atoms with E-state index in [1.807, 2.05) is 32.4 Å². The highest BCUT2D eigenvalue weighted by Gasteiger charge is 2.18. The third-order valence-corrected chi connectivity index (χ3v) is 3.00. The Balaban J connectivity index is 2.75. The zero-order chi connectivity index (χ0) is 10.8. The van der Waals surface area contributed by atoms with E-state index in [4.69, 9.17) is 0 Å². The van der Waals surface area contributed by atoms with Crippen molar-refractivity contribution in [2.75, 3.05) is 0 Å². The third kappa shape index (κ3) is 2.77. The van der Waals surface area contributed by atoms with Gasteiger partial charge in [0, 0.05) is 7.05 Å². The fraction of sp³-hybridized carbons (Fsp3) is 0.556. The Bertz CT molecular complexity index is 362. The molecule has 0 aromatic carbocycles. The Kier molecular flexibility index (Phi) is 3.21. The Morgan fingerprint density at radius 3 is 2.64 bits per heavy atom. The first-order valence-electron chi connectivity index (χ1n) is 4.33. The van der Waals surface area contributed by atoms with E-state index in [0.29, 0.717) is 0 Å². The molecule has 0 radical (unpaired) electrons. The van der Waals surface area contributed by atoms with Crippen molar-refractivity contribution in [2.24, 2.45) is 11.4 Å². The van der Waals surface area contributed by atoms with Crippen LogP contribution in [-0.4, -0.2) is 24.7 Å². The van der Waals surface area contributed by atoms with E-state index in [-0.39, 0.29) is 4.75 Å². The monoisotopic (exact) mass is 213 g/mol. The zero-order valence-electron chi connectivity index (χ0n) is 8.89. The summed E-state index contributed by atoms with van der Waals surface area (Å²) in [6, 6.07) is 0. The average molecular weight is 213 g/mol. The molecule has 0 aliphatic carbocycles. The molecule has 1 aromatic rings. The van der Waals surface area contributed by atoms with E-state index in [1.165, 1.54) is 0 Å². The molecular weight excluding hydrogens is 198 g/mol. The summed E-state index contributed by atoms with van der Waals surface area (Å²) < 4.78 is 17.1. The molecule has 0 amide bonds. The highest BCUT2D eigenvalue weighted by molar-refractivity contribution is 7.85. The van der Waals surface area contributed by atoms with Crippen LogP contribution in [0.25, 0.3) is 0 Å². The van der Waals surface area contributed by atoms with Gasteiger partial charge in [-0.15, -0.1) is 0 Å². The van der Waals surface area contributed by atoms with Crippen molar-refractivity contribution in [2.45, 2.75) is 25.5 Å². The summed E-state index contributed by atoms with van der Waals surface area (Å²) in [5, 5.41) is 0. The summed E-state index contributed by atoms with van der Waals surface area (Å²) in [5.74, 6) is 0. The molecule has 0 spiro atoms. The summed E-state index contributed by atoms with van der Waals surface area (Å²) in [6.07, 6.45) is 4.96. The largest absolute Gasteiger partial charge is 0.333 e. The number of nitrogens with zero attached hydrogens (tertiary/aromatic N) is 3. The van der Waals surface area contributed by atoms with Crippen molar-refractivity contribution in [1.82, 2.24) is 9.55 Å². The summed E-state index contributed by atoms with van der Waals surface area (Å²) in [5.41, 5.74) is 0.850. The predicted octanol–water partition coefficient (Wildman–Crippen LogP) is 1.30. The smallest absolute Gasteiger partial charge is 0.144 e. The van der Waals surface area contributed by atoms with Crippen LogP contribution in [0.4, 0.5) is 0 Å². The molecule has 0 fully saturated rings. The van der Waals surface area contributed by atoms with Crippen LogP contribution in [0, 0.1) is 0 Å². The van der Waals surface area contributed by atoms with Crippen LogP contribution in [0.1, 0.15) is 26.5 Å². The van der Waals surface area contributed by atoms with Gasteiger partial charge in [-0.2, -0.15) is 4.40 Å². The second-order valence-electron chi connectivity index (χ2n) is 4.03. The molecule has 1 heterocycles. The summed E-state index contributed by atoms with van der Waals surface area (Å²) in [4.78, 5) is 3.93. The lowest BCUT2D eigenvalue weighted by molar-refractivity contribution is 0.651. The highest BCUT2D eigenvalue weighted by atomic mass is 32.2. The van der Waals surface area contributed by atoms with Crippen LogP contribution in [-0.2, 0) is 18.0 Å². The van der Waals surface area contributed by atoms with Gasteiger partial charge in [-0.1, -0.05) is 0 Å². The van der Waals surface area contributed by atoms with Crippen molar-refractivity contribution in [3.8, 4) is 0 Å². The molecule has 0 saturated heterocycles. The first kappa shape index (κ1) is 11.1. The second kappa shape index (κ2) is 4.04. The Morgan fingerprint density at radius 2 is 2.21 bits per heavy atom. The normalized spacial score (nSPS) is 14.9. The summed E-state index contributed by atoms with van der Waals surface area (Å²) in [6.45, 7) is 5.68. The van der Waals surface area contributed by atoms with Gasteiger partial charge in [0.05, 0.1) is 29.2 Å². The number of aromatic nitrogens is 2. The third-order valence-electron chi connectivity index (χ3n) is 1.66. The van der Waals surface area contributed by atoms with Crippen LogP contribution < -0.4 is 0 Å². The van der Waals surface area contributed by atoms with Gasteiger partial charge in [0.15, 0.2) is 0 Å². The highest BCUT2D eigenvalue weighted by Crippen LogP contribution is 2.11. The molecule has 1 atom stereocenters. The molecule has 0 unspecified atom stereocenters. The first-order valence-corrected chi connectivity index (χ1v) is 5.44. The molecule has 5 heteroatoms. The van der Waals surface area contributed by atoms with E-state index < -0.39 is 11.0 Å². The lowest BCUT2D eigenvalue weighted by Gasteiger charge is -2.12. The fourth-order valence-corrected chi connectivity index (χ4v) is 1.27. The van der Waals surface area contributed by atoms with E-state index in [0.717, 1.165) is 5.69 Å². The second-order valence-corrected chi connectivity index (χ2v) is 5.96. The van der Waals surface area contributed by atoms with Crippen LogP contribution >= 0.6 is 0 Å². The maximum atomic E-state index is 11.6. The van der Waals surface area contributed by atoms with Gasteiger partial charge in [-0.3, -0.25) is 0 Å². The number of aryl methyl sites for hydroxylation is 1. The van der Waals surface area contributed by atoms with Crippen LogP contribution in [0.15, 0.2) is 16.9 Å². The SMILES string of the molecule is Cn1cncc1/C=N/[S@](=O)C(C)(C)C. The van der Waals surface area contributed by atoms with E-state index in [1.54, 1.807) is 18.7 Å². The molecule has 1 rings (SSSR count). The van der Waals surface area contributed by atoms with Crippen molar-refractivity contribution < 1.29 is 4.21 Å². The molecule has 78 valence electrons. The molecule has 1 aromatic heterocycles. The fourth-order valence-electron chi connectivity index (χ4n) is 0.752. The molecule has 4 nitrogen and oxygen atoms in total. The van der Waals surface area contributed by atoms with Gasteiger partial charge in [-0.25, -0.2) is 9.19 Å². The summed E-state index contributed by atoms with van der Waals surface area (Å²) in [7, 11) is 0.668. The van der Waals surface area contributed by atoms with E-state index in [2.05, 4.69) is 9.38 Å². The van der Waals surface area contributed by atoms with E-state index in [9.17, 15) is 4.21 Å². The first-order chi connectivity index (χ1) is 6.41. The molecule has 14 heavy (non-hydrogen) atoms. The van der Waals surface area contributed by atoms with Gasteiger partial charge in [0.1, 0.15) is 11.0 Å². The van der Waals surface area contributed by atoms with Crippen molar-refractivity contribution >= 4 is 17.2 Å². The minimum absolute atomic E-state index is 0.310. The molecule has 0 aliphatic heterocycles. The molecule has 0 bridgehead atoms. The number of hydrogen-bond acceptors (Lipinski definition) is 2. The van der Waals surface area contributed by atoms with E-state index >= 15 is 0 Å². The Labute approximate surface area is 86.7 Å². The van der Waals surface area contributed by atoms with Crippen molar-refractivity contribution in [3.05, 3.63) is 18.2 Å². The Hall–Kier alpha value is -0.970. The van der Waals surface area contributed by atoms with Gasteiger partial charge in [-0.05, 0) is 20.8 Å². The number of rotatable bonds is 2. The lowest BCUT2D eigenvalue weighted by atomic mass is 10.3. The lowest BCUT2D eigenvalue weighted by Crippen LogP contribution is -2.19. The van der Waals surface area contributed by atoms with Gasteiger partial charge < -0.3 is 4.57 Å². The summed E-state index contributed by atoms with van der Waals surface area (Å²) >= 11 is 0. The number of hydrogen-bond donors (Lipinski definition) is 0. The topological polar surface area (TPSA) is 47.2 Å². The molecule has 0 N–H and O–H groups in total. The molecule has 0 saturated carbocycles. The van der Waals surface area contributed by atoms with Crippen molar-refractivity contribution in [3.63, 3.8) is 0 Å². The zero-order valence-corrected chi connectivity index (χ0v) is 9.71. The maximum Gasteiger partial charge on any atom is 0.144 e. The maximum absolute atomic E-state index is 11.6. The quantitative estimate of drug-likeness (QED) is 0.695. The average Bonchev–Trinajstić information content (AvgIpc) is 2.45. The number of imidazole rings is 1. The molecule has 0 aliphatic rings. The van der Waals surface area contributed by atoms with Crippen LogP contribution in [0.5, 0.6) is 0 Å². The van der Waals surface area contributed by atoms with Gasteiger partial charge >= 0.3 is 0 Å². The van der Waals surface area contributed by atoms with Crippen LogP contribution in [0.2, 0.25) is 0 Å². The van der Waals surface area contributed by atoms with Crippen LogP contribution in [0.3, 0.4) is 0 Å². The Morgan fingerprint density at radius 1 is 1.57 bits per heavy atom. The van der Waals surface area contributed by atoms with Gasteiger partial charge in [0.2, 0.25) is 0 Å². The standard InChI is InChI=1S/C9H15N3OS/c1-9(2,3)14(13)11-6-8-5-10-7-12(8)4/h5-7H,1-4H3/b11-6+/t14-/m1/s1. The minimum Gasteiger partial charge on any atom is -0.333 e.